The monoisotopic (exact) mass is 479 g/mol. The van der Waals surface area contributed by atoms with Crippen LogP contribution in [0.2, 0.25) is 0 Å². The summed E-state index contributed by atoms with van der Waals surface area (Å²) in [5.74, 6) is -0.299. The first-order valence-electron chi connectivity index (χ1n) is 10.6. The number of hydrogen-bond acceptors (Lipinski definition) is 7. The van der Waals surface area contributed by atoms with Crippen LogP contribution >= 0.6 is 11.8 Å². The van der Waals surface area contributed by atoms with Crippen LogP contribution in [0.15, 0.2) is 72.4 Å². The third kappa shape index (κ3) is 6.79. The normalized spacial score (nSPS) is 10.4. The lowest BCUT2D eigenvalue weighted by atomic mass is 10.2. The number of nitrogens with zero attached hydrogens (tertiary/aromatic N) is 3. The molecule has 0 fully saturated rings. The number of rotatable bonds is 11. The van der Waals surface area contributed by atoms with E-state index in [-0.39, 0.29) is 30.7 Å². The first-order chi connectivity index (χ1) is 16.5. The second-order valence-corrected chi connectivity index (χ2v) is 7.93. The quantitative estimate of drug-likeness (QED) is 0.246. The molecule has 1 aromatic heterocycles. The molecule has 1 heterocycles. The van der Waals surface area contributed by atoms with E-state index in [1.165, 1.54) is 11.8 Å². The fourth-order valence-corrected chi connectivity index (χ4v) is 3.75. The van der Waals surface area contributed by atoms with Crippen molar-refractivity contribution in [1.82, 2.24) is 20.1 Å². The van der Waals surface area contributed by atoms with Gasteiger partial charge in [-0.3, -0.25) is 9.59 Å². The summed E-state index contributed by atoms with van der Waals surface area (Å²) in [5, 5.41) is 14.4. The van der Waals surface area contributed by atoms with E-state index in [1.807, 2.05) is 6.07 Å². The fourth-order valence-electron chi connectivity index (χ4n) is 2.99. The van der Waals surface area contributed by atoms with Crippen molar-refractivity contribution < 1.29 is 19.1 Å². The van der Waals surface area contributed by atoms with Crippen LogP contribution in [-0.4, -0.2) is 44.9 Å². The second-order valence-electron chi connectivity index (χ2n) is 6.98. The third-order valence-corrected chi connectivity index (χ3v) is 5.50. The Morgan fingerprint density at radius 2 is 1.85 bits per heavy atom. The van der Waals surface area contributed by atoms with E-state index in [0.717, 1.165) is 0 Å². The molecule has 0 saturated carbocycles. The SMILES string of the molecule is C=CCn1c(CNC(=O)c2ccccc2)nnc1SCC(=O)Nc1cccc(C(=O)OCC)c1. The van der Waals surface area contributed by atoms with Gasteiger partial charge in [-0.25, -0.2) is 4.79 Å². The number of nitrogens with one attached hydrogen (secondary N) is 2. The van der Waals surface area contributed by atoms with Crippen LogP contribution in [0, 0.1) is 0 Å². The van der Waals surface area contributed by atoms with Crippen molar-refractivity contribution in [2.45, 2.75) is 25.2 Å². The molecule has 10 heteroatoms. The van der Waals surface area contributed by atoms with E-state index in [0.29, 0.717) is 34.3 Å². The van der Waals surface area contributed by atoms with Gasteiger partial charge < -0.3 is 19.9 Å². The molecule has 0 aliphatic heterocycles. The zero-order chi connectivity index (χ0) is 24.3. The Bertz CT molecular complexity index is 1160. The maximum atomic E-state index is 12.5. The van der Waals surface area contributed by atoms with E-state index in [9.17, 15) is 14.4 Å². The van der Waals surface area contributed by atoms with E-state index >= 15 is 0 Å². The van der Waals surface area contributed by atoms with Crippen molar-refractivity contribution in [3.8, 4) is 0 Å². The third-order valence-electron chi connectivity index (χ3n) is 4.54. The summed E-state index contributed by atoms with van der Waals surface area (Å²) >= 11 is 1.21. The van der Waals surface area contributed by atoms with Crippen LogP contribution in [-0.2, 0) is 22.6 Å². The minimum atomic E-state index is -0.447. The Kier molecular flexibility index (Phi) is 8.98. The van der Waals surface area contributed by atoms with E-state index < -0.39 is 5.97 Å². The number of ether oxygens (including phenoxy) is 1. The Morgan fingerprint density at radius 1 is 1.09 bits per heavy atom. The molecule has 0 aliphatic carbocycles. The number of amides is 2. The van der Waals surface area contributed by atoms with E-state index in [2.05, 4.69) is 27.4 Å². The number of carbonyl (C=O) groups is 3. The van der Waals surface area contributed by atoms with Crippen LogP contribution in [0.5, 0.6) is 0 Å². The molecule has 2 amide bonds. The van der Waals surface area contributed by atoms with Gasteiger partial charge >= 0.3 is 5.97 Å². The van der Waals surface area contributed by atoms with Crippen LogP contribution in [0.25, 0.3) is 0 Å². The molecule has 3 rings (SSSR count). The molecule has 0 aliphatic rings. The number of allylic oxidation sites excluding steroid dienone is 1. The highest BCUT2D eigenvalue weighted by Crippen LogP contribution is 2.19. The summed E-state index contributed by atoms with van der Waals surface area (Å²) in [7, 11) is 0. The predicted molar refractivity (Wildman–Crippen MR) is 130 cm³/mol. The molecule has 2 aromatic carbocycles. The maximum Gasteiger partial charge on any atom is 0.338 e. The van der Waals surface area contributed by atoms with Gasteiger partial charge in [0.15, 0.2) is 11.0 Å². The Balaban J connectivity index is 1.59. The molecule has 0 bridgehead atoms. The molecule has 34 heavy (non-hydrogen) atoms. The Labute approximate surface area is 201 Å². The van der Waals surface area contributed by atoms with Crippen LogP contribution in [0.1, 0.15) is 33.5 Å². The number of anilines is 1. The summed E-state index contributed by atoms with van der Waals surface area (Å²) in [6, 6.07) is 15.4. The maximum absolute atomic E-state index is 12.5. The molecule has 3 aromatic rings. The summed E-state index contributed by atoms with van der Waals surface area (Å²) in [5.41, 5.74) is 1.41. The summed E-state index contributed by atoms with van der Waals surface area (Å²) in [6.45, 7) is 6.37. The van der Waals surface area contributed by atoms with Crippen molar-refractivity contribution in [1.29, 1.82) is 0 Å². The van der Waals surface area contributed by atoms with Crippen molar-refractivity contribution in [2.24, 2.45) is 0 Å². The Hall–Kier alpha value is -3.92. The molecule has 9 nitrogen and oxygen atoms in total. The smallest absolute Gasteiger partial charge is 0.338 e. The molecule has 0 spiro atoms. The van der Waals surface area contributed by atoms with Crippen molar-refractivity contribution >= 4 is 35.2 Å². The van der Waals surface area contributed by atoms with Crippen LogP contribution in [0.3, 0.4) is 0 Å². The minimum absolute atomic E-state index is 0.0787. The average molecular weight is 480 g/mol. The number of carbonyl (C=O) groups excluding carboxylic acids is 3. The highest BCUT2D eigenvalue weighted by molar-refractivity contribution is 7.99. The zero-order valence-corrected chi connectivity index (χ0v) is 19.5. The zero-order valence-electron chi connectivity index (χ0n) is 18.7. The first kappa shape index (κ1) is 24.7. The van der Waals surface area contributed by atoms with Gasteiger partial charge in [0.2, 0.25) is 5.91 Å². The number of thioether (sulfide) groups is 1. The van der Waals surface area contributed by atoms with Crippen molar-refractivity contribution in [3.05, 3.63) is 84.2 Å². The lowest BCUT2D eigenvalue weighted by Crippen LogP contribution is -2.24. The molecular weight excluding hydrogens is 454 g/mol. The highest BCUT2D eigenvalue weighted by atomic mass is 32.2. The molecule has 0 unspecified atom stereocenters. The minimum Gasteiger partial charge on any atom is -0.462 e. The lowest BCUT2D eigenvalue weighted by molar-refractivity contribution is -0.113. The molecule has 0 saturated heterocycles. The molecule has 0 atom stereocenters. The van der Waals surface area contributed by atoms with Crippen molar-refractivity contribution in [2.75, 3.05) is 17.7 Å². The molecular formula is C24H25N5O4S. The topological polar surface area (TPSA) is 115 Å². The predicted octanol–water partition coefficient (Wildman–Crippen LogP) is 3.30. The summed E-state index contributed by atoms with van der Waals surface area (Å²) in [4.78, 5) is 36.6. The highest BCUT2D eigenvalue weighted by Gasteiger charge is 2.15. The average Bonchev–Trinajstić information content (AvgIpc) is 3.23. The second kappa shape index (κ2) is 12.4. The Morgan fingerprint density at radius 3 is 2.59 bits per heavy atom. The van der Waals surface area contributed by atoms with Gasteiger partial charge in [-0.15, -0.1) is 16.8 Å². The van der Waals surface area contributed by atoms with Gasteiger partial charge in [0.05, 0.1) is 24.5 Å². The molecule has 0 radical (unpaired) electrons. The lowest BCUT2D eigenvalue weighted by Gasteiger charge is -2.09. The largest absolute Gasteiger partial charge is 0.462 e. The van der Waals surface area contributed by atoms with Gasteiger partial charge in [0.25, 0.3) is 5.91 Å². The number of hydrogen-bond donors (Lipinski definition) is 2. The molecule has 176 valence electrons. The number of esters is 1. The molecule has 2 N–H and O–H groups in total. The van der Waals surface area contributed by atoms with Crippen molar-refractivity contribution in [3.63, 3.8) is 0 Å². The standard InChI is InChI=1S/C24H25N5O4S/c1-3-13-29-20(15-25-22(31)17-9-6-5-7-10-17)27-28-24(29)34-16-21(30)26-19-12-8-11-18(14-19)23(32)33-4-2/h3,5-12,14H,1,4,13,15-16H2,2H3,(H,25,31)(H,26,30). The summed E-state index contributed by atoms with van der Waals surface area (Å²) < 4.78 is 6.77. The van der Waals surface area contributed by atoms with Gasteiger partial charge in [-0.1, -0.05) is 42.1 Å². The van der Waals surface area contributed by atoms with Gasteiger partial charge in [-0.05, 0) is 37.3 Å². The van der Waals surface area contributed by atoms with E-state index in [4.69, 9.17) is 4.74 Å². The van der Waals surface area contributed by atoms with Gasteiger partial charge in [0, 0.05) is 17.8 Å². The number of aromatic nitrogens is 3. The summed E-state index contributed by atoms with van der Waals surface area (Å²) in [6.07, 6.45) is 1.69. The first-order valence-corrected chi connectivity index (χ1v) is 11.6. The number of benzene rings is 2. The van der Waals surface area contributed by atoms with Crippen LogP contribution < -0.4 is 10.6 Å². The fraction of sp³-hybridized carbons (Fsp3) is 0.208. The van der Waals surface area contributed by atoms with Gasteiger partial charge in [-0.2, -0.15) is 0 Å². The van der Waals surface area contributed by atoms with E-state index in [1.54, 1.807) is 66.1 Å². The van der Waals surface area contributed by atoms with Gasteiger partial charge in [0.1, 0.15) is 0 Å². The van der Waals surface area contributed by atoms with Crippen LogP contribution in [0.4, 0.5) is 5.69 Å².